The van der Waals surface area contributed by atoms with Crippen LogP contribution in [0.5, 0.6) is 0 Å². The molecule has 0 rings (SSSR count). The van der Waals surface area contributed by atoms with Gasteiger partial charge in [-0.15, -0.1) is 0 Å². The molecule has 106 valence electrons. The lowest BCUT2D eigenvalue weighted by Gasteiger charge is -2.05. The summed E-state index contributed by atoms with van der Waals surface area (Å²) in [5.74, 6) is 0. The minimum Gasteiger partial charge on any atom is -0.396 e. The van der Waals surface area contributed by atoms with E-state index in [1.54, 1.807) is 7.11 Å². The second-order valence-electron chi connectivity index (χ2n) is 4.13. The van der Waals surface area contributed by atoms with E-state index in [2.05, 4.69) is 0 Å². The van der Waals surface area contributed by atoms with Crippen LogP contribution >= 0.6 is 0 Å². The van der Waals surface area contributed by atoms with Crippen molar-refractivity contribution < 1.29 is 20.1 Å². The topological polar surface area (TPSA) is 69.9 Å². The zero-order valence-corrected chi connectivity index (χ0v) is 11.6. The largest absolute Gasteiger partial charge is 0.396 e. The summed E-state index contributed by atoms with van der Waals surface area (Å²) >= 11 is 0. The average Bonchev–Trinajstić information content (AvgIpc) is 2.36. The van der Waals surface area contributed by atoms with E-state index in [1.807, 2.05) is 13.8 Å². The van der Waals surface area contributed by atoms with E-state index in [1.165, 1.54) is 0 Å². The Hall–Kier alpha value is -0.160. The number of methoxy groups -OCH3 is 1. The van der Waals surface area contributed by atoms with Crippen molar-refractivity contribution in [3.8, 4) is 0 Å². The molecule has 0 aromatic rings. The second-order valence-corrected chi connectivity index (χ2v) is 4.13. The van der Waals surface area contributed by atoms with Gasteiger partial charge in [-0.3, -0.25) is 0 Å². The lowest BCUT2D eigenvalue weighted by molar-refractivity contribution is 0.132. The summed E-state index contributed by atoms with van der Waals surface area (Å²) < 4.78 is 4.83. The first-order valence-corrected chi connectivity index (χ1v) is 6.58. The fourth-order valence-corrected chi connectivity index (χ4v) is 1.20. The highest BCUT2D eigenvalue weighted by atomic mass is 16.5. The zero-order chi connectivity index (χ0) is 13.5. The van der Waals surface area contributed by atoms with Crippen LogP contribution in [0.4, 0.5) is 0 Å². The first kappa shape index (κ1) is 19.2. The maximum absolute atomic E-state index is 9.03. The van der Waals surface area contributed by atoms with Gasteiger partial charge in [0, 0.05) is 20.3 Å². The summed E-state index contributed by atoms with van der Waals surface area (Å²) in [6.45, 7) is 4.87. The van der Waals surface area contributed by atoms with Crippen molar-refractivity contribution in [2.24, 2.45) is 0 Å². The third kappa shape index (κ3) is 18.4. The Balaban J connectivity index is 0. The van der Waals surface area contributed by atoms with Crippen LogP contribution in [-0.4, -0.2) is 47.9 Å². The minimum atomic E-state index is -0.206. The van der Waals surface area contributed by atoms with Crippen molar-refractivity contribution in [1.29, 1.82) is 0 Å². The van der Waals surface area contributed by atoms with Crippen molar-refractivity contribution >= 4 is 0 Å². The number of rotatable bonds is 9. The van der Waals surface area contributed by atoms with E-state index < -0.39 is 0 Å². The van der Waals surface area contributed by atoms with Crippen molar-refractivity contribution in [2.75, 3.05) is 20.3 Å². The molecule has 0 saturated heterocycles. The molecule has 4 nitrogen and oxygen atoms in total. The molecule has 0 radical (unpaired) electrons. The minimum absolute atomic E-state index is 0.125. The predicted octanol–water partition coefficient (Wildman–Crippen LogP) is 1.71. The molecule has 0 aromatic carbocycles. The molecule has 0 heterocycles. The Bertz CT molecular complexity index is 131. The maximum atomic E-state index is 9.03. The summed E-state index contributed by atoms with van der Waals surface area (Å²) in [5, 5.41) is 26.2. The van der Waals surface area contributed by atoms with E-state index in [9.17, 15) is 0 Å². The van der Waals surface area contributed by atoms with E-state index in [0.29, 0.717) is 0 Å². The molecule has 2 atom stereocenters. The highest BCUT2D eigenvalue weighted by molar-refractivity contribution is 4.51. The lowest BCUT2D eigenvalue weighted by Crippen LogP contribution is -2.05. The molecule has 4 heteroatoms. The molecular weight excluding hydrogens is 220 g/mol. The summed E-state index contributed by atoms with van der Waals surface area (Å²) in [7, 11) is 1.68. The summed E-state index contributed by atoms with van der Waals surface area (Å²) in [5.41, 5.74) is 0. The van der Waals surface area contributed by atoms with Gasteiger partial charge >= 0.3 is 0 Å². The SMILES string of the molecule is CCC(O)CCCO.CCC(O)CCCOC. The van der Waals surface area contributed by atoms with Crippen molar-refractivity contribution in [2.45, 2.75) is 64.6 Å². The molecular formula is C13H30O4. The second kappa shape index (κ2) is 15.8. The van der Waals surface area contributed by atoms with Crippen LogP contribution in [-0.2, 0) is 4.74 Å². The first-order chi connectivity index (χ1) is 8.12. The molecule has 0 aliphatic heterocycles. The van der Waals surface area contributed by atoms with Crippen molar-refractivity contribution in [3.05, 3.63) is 0 Å². The molecule has 3 N–H and O–H groups in total. The highest BCUT2D eigenvalue weighted by Crippen LogP contribution is 2.00. The molecule has 0 aliphatic carbocycles. The first-order valence-electron chi connectivity index (χ1n) is 6.58. The zero-order valence-electron chi connectivity index (χ0n) is 11.6. The van der Waals surface area contributed by atoms with Gasteiger partial charge in [-0.1, -0.05) is 13.8 Å². The van der Waals surface area contributed by atoms with Gasteiger partial charge in [-0.25, -0.2) is 0 Å². The number of ether oxygens (including phenoxy) is 1. The average molecular weight is 250 g/mol. The smallest absolute Gasteiger partial charge is 0.0538 e. The van der Waals surface area contributed by atoms with Gasteiger partial charge in [0.1, 0.15) is 0 Å². The van der Waals surface area contributed by atoms with Gasteiger partial charge < -0.3 is 20.1 Å². The van der Waals surface area contributed by atoms with Crippen LogP contribution in [0.2, 0.25) is 0 Å². The molecule has 17 heavy (non-hydrogen) atoms. The number of aliphatic hydroxyl groups is 3. The fourth-order valence-electron chi connectivity index (χ4n) is 1.20. The third-order valence-electron chi connectivity index (χ3n) is 2.52. The number of hydrogen-bond donors (Lipinski definition) is 3. The van der Waals surface area contributed by atoms with Crippen LogP contribution < -0.4 is 0 Å². The predicted molar refractivity (Wildman–Crippen MR) is 70.0 cm³/mol. The highest BCUT2D eigenvalue weighted by Gasteiger charge is 1.98. The van der Waals surface area contributed by atoms with Gasteiger partial charge in [0.05, 0.1) is 12.2 Å². The van der Waals surface area contributed by atoms with Crippen LogP contribution in [0, 0.1) is 0 Å². The third-order valence-corrected chi connectivity index (χ3v) is 2.52. The summed E-state index contributed by atoms with van der Waals surface area (Å²) in [4.78, 5) is 0. The van der Waals surface area contributed by atoms with Crippen molar-refractivity contribution in [1.82, 2.24) is 0 Å². The van der Waals surface area contributed by atoms with Gasteiger partial charge in [0.15, 0.2) is 0 Å². The molecule has 0 saturated carbocycles. The number of hydrogen-bond acceptors (Lipinski definition) is 4. The van der Waals surface area contributed by atoms with Crippen LogP contribution in [0.3, 0.4) is 0 Å². The van der Waals surface area contributed by atoms with E-state index in [4.69, 9.17) is 20.1 Å². The molecule has 0 amide bonds. The molecule has 0 bridgehead atoms. The van der Waals surface area contributed by atoms with Gasteiger partial charge in [-0.05, 0) is 38.5 Å². The Kier molecular flexibility index (Phi) is 17.9. The van der Waals surface area contributed by atoms with E-state index in [-0.39, 0.29) is 18.8 Å². The molecule has 0 aliphatic rings. The Morgan fingerprint density at radius 3 is 1.76 bits per heavy atom. The molecule has 0 spiro atoms. The summed E-state index contributed by atoms with van der Waals surface area (Å²) in [6.07, 6.45) is 4.59. The normalized spacial score (nSPS) is 13.8. The number of aliphatic hydroxyl groups excluding tert-OH is 3. The molecule has 2 unspecified atom stereocenters. The monoisotopic (exact) mass is 250 g/mol. The van der Waals surface area contributed by atoms with Crippen LogP contribution in [0.25, 0.3) is 0 Å². The quantitative estimate of drug-likeness (QED) is 0.545. The van der Waals surface area contributed by atoms with Crippen LogP contribution in [0.15, 0.2) is 0 Å². The van der Waals surface area contributed by atoms with Gasteiger partial charge in [0.25, 0.3) is 0 Å². The lowest BCUT2D eigenvalue weighted by atomic mass is 10.2. The Morgan fingerprint density at radius 1 is 0.941 bits per heavy atom. The van der Waals surface area contributed by atoms with Gasteiger partial charge in [0.2, 0.25) is 0 Å². The van der Waals surface area contributed by atoms with E-state index >= 15 is 0 Å². The van der Waals surface area contributed by atoms with Crippen LogP contribution in [0.1, 0.15) is 52.4 Å². The van der Waals surface area contributed by atoms with Gasteiger partial charge in [-0.2, -0.15) is 0 Å². The molecule has 0 fully saturated rings. The Morgan fingerprint density at radius 2 is 1.41 bits per heavy atom. The van der Waals surface area contributed by atoms with Crippen molar-refractivity contribution in [3.63, 3.8) is 0 Å². The molecule has 0 aromatic heterocycles. The van der Waals surface area contributed by atoms with E-state index in [0.717, 1.165) is 45.1 Å². The fraction of sp³-hybridized carbons (Fsp3) is 1.00. The maximum Gasteiger partial charge on any atom is 0.0538 e. The summed E-state index contributed by atoms with van der Waals surface area (Å²) in [6, 6.07) is 0. The Labute approximate surface area is 106 Å². The standard InChI is InChI=1S/C7H16O2.C6H14O2/c1-3-7(8)5-4-6-9-2;1-2-6(8)4-3-5-7/h7-8H,3-6H2,1-2H3;6-8H,2-5H2,1H3.